The van der Waals surface area contributed by atoms with Gasteiger partial charge in [-0.1, -0.05) is 65.7 Å². The second-order valence-corrected chi connectivity index (χ2v) is 10.1. The molecular weight excluding hydrogens is 489 g/mol. The number of rotatable bonds is 5. The first-order valence-corrected chi connectivity index (χ1v) is 13.0. The molecule has 0 radical (unpaired) electrons. The fourth-order valence-electron chi connectivity index (χ4n) is 5.07. The molecule has 0 saturated carbocycles. The number of hydrogen-bond acceptors (Lipinski definition) is 4. The minimum atomic E-state index is 0.638. The van der Waals surface area contributed by atoms with E-state index in [9.17, 15) is 0 Å². The van der Waals surface area contributed by atoms with E-state index in [0.717, 1.165) is 66.4 Å². The number of piperidine rings is 1. The van der Waals surface area contributed by atoms with E-state index in [-0.39, 0.29) is 0 Å². The standard InChI is InChI=1S/C29H25Cl2N5/c30-22-10-12-23(13-11-22)36-27(24-8-4-5-9-25(24)31)34-26-28(32-19-33-29(26)36)35-16-14-21(15-17-35)18-20-6-2-1-3-7-20/h1-13,19,21H,14-18H2. The smallest absolute Gasteiger partial charge is 0.170 e. The summed E-state index contributed by atoms with van der Waals surface area (Å²) in [5.41, 5.74) is 4.71. The van der Waals surface area contributed by atoms with Crippen LogP contribution in [0, 0.1) is 5.92 Å². The lowest BCUT2D eigenvalue weighted by Gasteiger charge is -2.32. The van der Waals surface area contributed by atoms with Gasteiger partial charge in [0.25, 0.3) is 0 Å². The van der Waals surface area contributed by atoms with Gasteiger partial charge in [-0.05, 0) is 67.1 Å². The summed E-state index contributed by atoms with van der Waals surface area (Å²) in [6, 6.07) is 26.2. The van der Waals surface area contributed by atoms with Gasteiger partial charge in [0.2, 0.25) is 0 Å². The number of benzene rings is 3. The van der Waals surface area contributed by atoms with Crippen molar-refractivity contribution < 1.29 is 0 Å². The van der Waals surface area contributed by atoms with Gasteiger partial charge in [-0.15, -0.1) is 0 Å². The van der Waals surface area contributed by atoms with Gasteiger partial charge in [0.15, 0.2) is 17.0 Å². The summed E-state index contributed by atoms with van der Waals surface area (Å²) >= 11 is 12.8. The predicted octanol–water partition coefficient (Wildman–Crippen LogP) is 7.25. The van der Waals surface area contributed by atoms with Crippen LogP contribution >= 0.6 is 23.2 Å². The van der Waals surface area contributed by atoms with Crippen molar-refractivity contribution in [2.75, 3.05) is 18.0 Å². The van der Waals surface area contributed by atoms with E-state index in [1.807, 2.05) is 53.1 Å². The lowest BCUT2D eigenvalue weighted by Crippen LogP contribution is -2.35. The Morgan fingerprint density at radius 2 is 1.53 bits per heavy atom. The van der Waals surface area contributed by atoms with Crippen molar-refractivity contribution >= 4 is 40.2 Å². The average molecular weight is 514 g/mol. The highest BCUT2D eigenvalue weighted by Crippen LogP contribution is 2.35. The maximum Gasteiger partial charge on any atom is 0.170 e. The lowest BCUT2D eigenvalue weighted by atomic mass is 9.90. The third-order valence-corrected chi connectivity index (χ3v) is 7.49. The summed E-state index contributed by atoms with van der Waals surface area (Å²) in [6.45, 7) is 1.89. The third-order valence-electron chi connectivity index (χ3n) is 6.91. The minimum absolute atomic E-state index is 0.638. The molecule has 5 aromatic rings. The first-order chi connectivity index (χ1) is 17.7. The van der Waals surface area contributed by atoms with Crippen LogP contribution in [0.1, 0.15) is 18.4 Å². The van der Waals surface area contributed by atoms with Crippen LogP contribution in [0.2, 0.25) is 10.0 Å². The Kier molecular flexibility index (Phi) is 6.34. The monoisotopic (exact) mass is 513 g/mol. The normalized spacial score (nSPS) is 14.4. The van der Waals surface area contributed by atoms with Crippen LogP contribution in [0.5, 0.6) is 0 Å². The molecule has 1 saturated heterocycles. The van der Waals surface area contributed by atoms with Crippen molar-refractivity contribution in [3.63, 3.8) is 0 Å². The zero-order valence-corrected chi connectivity index (χ0v) is 21.2. The van der Waals surface area contributed by atoms with Crippen LogP contribution in [-0.4, -0.2) is 32.6 Å². The van der Waals surface area contributed by atoms with Gasteiger partial charge < -0.3 is 4.90 Å². The summed E-state index contributed by atoms with van der Waals surface area (Å²) in [6.07, 6.45) is 5.00. The van der Waals surface area contributed by atoms with E-state index < -0.39 is 0 Å². The summed E-state index contributed by atoms with van der Waals surface area (Å²) in [5, 5.41) is 1.32. The van der Waals surface area contributed by atoms with E-state index >= 15 is 0 Å². The van der Waals surface area contributed by atoms with Crippen molar-refractivity contribution in [3.8, 4) is 17.1 Å². The molecule has 0 unspecified atom stereocenters. The molecule has 5 nitrogen and oxygen atoms in total. The molecule has 2 aromatic heterocycles. The highest BCUT2D eigenvalue weighted by molar-refractivity contribution is 6.33. The van der Waals surface area contributed by atoms with E-state index in [2.05, 4.69) is 40.2 Å². The van der Waals surface area contributed by atoms with E-state index in [4.69, 9.17) is 33.2 Å². The summed E-state index contributed by atoms with van der Waals surface area (Å²) in [7, 11) is 0. The van der Waals surface area contributed by atoms with Gasteiger partial charge in [-0.2, -0.15) is 0 Å². The predicted molar refractivity (Wildman–Crippen MR) is 147 cm³/mol. The van der Waals surface area contributed by atoms with E-state index in [1.165, 1.54) is 5.56 Å². The Hall–Kier alpha value is -3.41. The highest BCUT2D eigenvalue weighted by Gasteiger charge is 2.26. The van der Waals surface area contributed by atoms with Crippen LogP contribution in [0.3, 0.4) is 0 Å². The van der Waals surface area contributed by atoms with Crippen molar-refractivity contribution in [1.82, 2.24) is 19.5 Å². The molecule has 1 aliphatic heterocycles. The second kappa shape index (κ2) is 9.92. The van der Waals surface area contributed by atoms with Crippen molar-refractivity contribution in [1.29, 1.82) is 0 Å². The number of anilines is 1. The van der Waals surface area contributed by atoms with Crippen LogP contribution < -0.4 is 4.90 Å². The number of hydrogen-bond donors (Lipinski definition) is 0. The number of halogens is 2. The van der Waals surface area contributed by atoms with Gasteiger partial charge in [-0.3, -0.25) is 4.57 Å². The van der Waals surface area contributed by atoms with Crippen LogP contribution in [0.15, 0.2) is 85.2 Å². The largest absolute Gasteiger partial charge is 0.355 e. The molecule has 7 heteroatoms. The molecule has 180 valence electrons. The number of imidazole rings is 1. The Morgan fingerprint density at radius 3 is 2.28 bits per heavy atom. The molecule has 0 N–H and O–H groups in total. The molecule has 3 heterocycles. The first kappa shape index (κ1) is 23.0. The molecule has 3 aromatic carbocycles. The highest BCUT2D eigenvalue weighted by atomic mass is 35.5. The molecule has 6 rings (SSSR count). The summed E-state index contributed by atoms with van der Waals surface area (Å²) in [5.74, 6) is 2.28. The van der Waals surface area contributed by atoms with Gasteiger partial charge >= 0.3 is 0 Å². The molecule has 0 amide bonds. The summed E-state index contributed by atoms with van der Waals surface area (Å²) in [4.78, 5) is 16.8. The Bertz CT molecular complexity index is 1490. The fourth-order valence-corrected chi connectivity index (χ4v) is 5.41. The molecule has 0 spiro atoms. The lowest BCUT2D eigenvalue weighted by molar-refractivity contribution is 0.402. The number of aromatic nitrogens is 4. The van der Waals surface area contributed by atoms with Gasteiger partial charge in [-0.25, -0.2) is 15.0 Å². The van der Waals surface area contributed by atoms with Gasteiger partial charge in [0.1, 0.15) is 12.2 Å². The molecule has 36 heavy (non-hydrogen) atoms. The van der Waals surface area contributed by atoms with Crippen molar-refractivity contribution in [3.05, 3.63) is 101 Å². The number of nitrogens with zero attached hydrogens (tertiary/aromatic N) is 5. The van der Waals surface area contributed by atoms with Crippen LogP contribution in [-0.2, 0) is 6.42 Å². The zero-order chi connectivity index (χ0) is 24.5. The molecule has 0 atom stereocenters. The minimum Gasteiger partial charge on any atom is -0.355 e. The second-order valence-electron chi connectivity index (χ2n) is 9.22. The quantitative estimate of drug-likeness (QED) is 0.248. The summed E-state index contributed by atoms with van der Waals surface area (Å²) < 4.78 is 2.04. The fraction of sp³-hybridized carbons (Fsp3) is 0.207. The van der Waals surface area contributed by atoms with Gasteiger partial charge in [0.05, 0.1) is 5.02 Å². The Labute approximate surface area is 220 Å². The maximum absolute atomic E-state index is 6.62. The van der Waals surface area contributed by atoms with E-state index in [0.29, 0.717) is 16.0 Å². The molecule has 1 aliphatic rings. The zero-order valence-electron chi connectivity index (χ0n) is 19.7. The average Bonchev–Trinajstić information content (AvgIpc) is 3.30. The van der Waals surface area contributed by atoms with Crippen LogP contribution in [0.25, 0.3) is 28.2 Å². The Morgan fingerprint density at radius 1 is 0.806 bits per heavy atom. The third kappa shape index (κ3) is 4.45. The van der Waals surface area contributed by atoms with Crippen molar-refractivity contribution in [2.24, 2.45) is 5.92 Å². The molecule has 0 bridgehead atoms. The van der Waals surface area contributed by atoms with Crippen molar-refractivity contribution in [2.45, 2.75) is 19.3 Å². The molecule has 1 fully saturated rings. The maximum atomic E-state index is 6.62. The van der Waals surface area contributed by atoms with Gasteiger partial charge in [0, 0.05) is 29.4 Å². The first-order valence-electron chi connectivity index (χ1n) is 12.2. The van der Waals surface area contributed by atoms with E-state index in [1.54, 1.807) is 6.33 Å². The SMILES string of the molecule is Clc1ccc(-n2c(-c3ccccc3Cl)nc3c(N4CCC(Cc5ccccc5)CC4)ncnc32)cc1. The molecule has 0 aliphatic carbocycles. The number of fused-ring (bicyclic) bond motifs is 1. The Balaban J connectivity index is 1.38. The van der Waals surface area contributed by atoms with Crippen LogP contribution in [0.4, 0.5) is 5.82 Å². The topological polar surface area (TPSA) is 46.8 Å². The molecular formula is C29H25Cl2N5.